The summed E-state index contributed by atoms with van der Waals surface area (Å²) in [6, 6.07) is 0. The fraction of sp³-hybridized carbons (Fsp3) is 0.850. The van der Waals surface area contributed by atoms with Gasteiger partial charge < -0.3 is 14.6 Å². The second-order valence-electron chi connectivity index (χ2n) is 9.09. The van der Waals surface area contributed by atoms with E-state index in [1.807, 2.05) is 20.8 Å². The van der Waals surface area contributed by atoms with Crippen LogP contribution in [0.25, 0.3) is 0 Å². The van der Waals surface area contributed by atoms with Gasteiger partial charge in [0.25, 0.3) is 0 Å². The quantitative estimate of drug-likeness (QED) is 0.749. The minimum atomic E-state index is -0.854. The van der Waals surface area contributed by atoms with Gasteiger partial charge in [-0.15, -0.1) is 0 Å². The number of allylic oxidation sites excluding steroid dienone is 1. The van der Waals surface area contributed by atoms with Gasteiger partial charge in [0.2, 0.25) is 0 Å². The summed E-state index contributed by atoms with van der Waals surface area (Å²) in [5, 5.41) is 10.4. The molecule has 2 aliphatic heterocycles. The minimum absolute atomic E-state index is 0.130. The van der Waals surface area contributed by atoms with Crippen molar-refractivity contribution in [2.75, 3.05) is 0 Å². The molecule has 4 aliphatic rings. The minimum Gasteiger partial charge on any atom is -0.368 e. The molecule has 4 heteroatoms. The molecule has 0 radical (unpaired) electrons. The lowest BCUT2D eigenvalue weighted by molar-refractivity contribution is -0.265. The molecule has 2 saturated carbocycles. The lowest BCUT2D eigenvalue weighted by atomic mass is 9.54. The van der Waals surface area contributed by atoms with Crippen molar-refractivity contribution in [3.05, 3.63) is 11.6 Å². The van der Waals surface area contributed by atoms with Crippen molar-refractivity contribution in [2.24, 2.45) is 29.6 Å². The molecule has 134 valence electrons. The first-order chi connectivity index (χ1) is 11.2. The molecule has 0 aromatic rings. The van der Waals surface area contributed by atoms with Crippen LogP contribution in [0.1, 0.15) is 53.9 Å². The molecular formula is C20H30O4. The number of ketones is 1. The summed E-state index contributed by atoms with van der Waals surface area (Å²) < 4.78 is 12.7. The van der Waals surface area contributed by atoms with Crippen LogP contribution in [0.5, 0.6) is 0 Å². The van der Waals surface area contributed by atoms with Gasteiger partial charge in [-0.1, -0.05) is 25.5 Å². The van der Waals surface area contributed by atoms with Crippen LogP contribution in [0.4, 0.5) is 0 Å². The van der Waals surface area contributed by atoms with Crippen LogP contribution in [0.2, 0.25) is 0 Å². The Morgan fingerprint density at radius 3 is 2.62 bits per heavy atom. The summed E-state index contributed by atoms with van der Waals surface area (Å²) >= 11 is 0. The standard InChI is InChI=1S/C20H30O4/c1-10(2)8-14-20-12(4)13-7-6-11(3)16(13)17(22)18(20)19(5,23-14)9-15(21)24-20/h8,11-16,18,21H,6-7,9H2,1-5H3. The highest BCUT2D eigenvalue weighted by atomic mass is 16.7. The van der Waals surface area contributed by atoms with E-state index in [-0.39, 0.29) is 23.9 Å². The number of Topliss-reactive ketones (excluding diaryl/α,β-unsaturated/α-hetero) is 1. The summed E-state index contributed by atoms with van der Waals surface area (Å²) in [7, 11) is 0. The monoisotopic (exact) mass is 334 g/mol. The van der Waals surface area contributed by atoms with Crippen LogP contribution >= 0.6 is 0 Å². The lowest BCUT2D eigenvalue weighted by Gasteiger charge is -2.55. The number of aliphatic hydroxyl groups is 1. The van der Waals surface area contributed by atoms with Crippen molar-refractivity contribution in [3.8, 4) is 0 Å². The molecule has 0 spiro atoms. The van der Waals surface area contributed by atoms with E-state index in [2.05, 4.69) is 19.9 Å². The predicted octanol–water partition coefficient (Wildman–Crippen LogP) is 3.08. The van der Waals surface area contributed by atoms with Crippen LogP contribution < -0.4 is 0 Å². The van der Waals surface area contributed by atoms with E-state index in [1.54, 1.807) is 0 Å². The Morgan fingerprint density at radius 1 is 1.25 bits per heavy atom. The summed E-state index contributed by atoms with van der Waals surface area (Å²) in [6.07, 6.45) is 3.54. The Balaban J connectivity index is 1.88. The predicted molar refractivity (Wildman–Crippen MR) is 90.2 cm³/mol. The van der Waals surface area contributed by atoms with Gasteiger partial charge in [0, 0.05) is 12.3 Å². The second-order valence-corrected chi connectivity index (χ2v) is 9.09. The molecule has 2 saturated heterocycles. The molecule has 4 nitrogen and oxygen atoms in total. The number of ether oxygens (including phenoxy) is 2. The van der Waals surface area contributed by atoms with Gasteiger partial charge >= 0.3 is 0 Å². The van der Waals surface area contributed by atoms with Crippen LogP contribution in [-0.2, 0) is 14.3 Å². The van der Waals surface area contributed by atoms with Crippen molar-refractivity contribution in [1.82, 2.24) is 0 Å². The molecule has 2 heterocycles. The number of fused-ring (bicyclic) bond motifs is 1. The highest BCUT2D eigenvalue weighted by molar-refractivity contribution is 5.88. The molecule has 9 atom stereocenters. The van der Waals surface area contributed by atoms with Crippen LogP contribution in [0.3, 0.4) is 0 Å². The van der Waals surface area contributed by atoms with E-state index in [1.165, 1.54) is 0 Å². The number of hydrogen-bond donors (Lipinski definition) is 1. The zero-order valence-electron chi connectivity index (χ0n) is 15.4. The van der Waals surface area contributed by atoms with Crippen molar-refractivity contribution in [1.29, 1.82) is 0 Å². The zero-order valence-corrected chi connectivity index (χ0v) is 15.4. The Labute approximate surface area is 144 Å². The third kappa shape index (κ3) is 1.94. The molecule has 4 rings (SSSR count). The molecular weight excluding hydrogens is 304 g/mol. The number of carbonyl (C=O) groups excluding carboxylic acids is 1. The molecule has 24 heavy (non-hydrogen) atoms. The van der Waals surface area contributed by atoms with E-state index in [0.717, 1.165) is 18.4 Å². The summed E-state index contributed by atoms with van der Waals surface area (Å²) in [5.41, 5.74) is -0.192. The average molecular weight is 334 g/mol. The van der Waals surface area contributed by atoms with Crippen LogP contribution in [0, 0.1) is 29.6 Å². The summed E-state index contributed by atoms with van der Waals surface area (Å²) in [4.78, 5) is 13.5. The topological polar surface area (TPSA) is 55.8 Å². The van der Waals surface area contributed by atoms with E-state index in [0.29, 0.717) is 24.0 Å². The molecule has 0 aromatic heterocycles. The first kappa shape index (κ1) is 16.7. The summed E-state index contributed by atoms with van der Waals surface area (Å²) in [5.74, 6) is 1.16. The van der Waals surface area contributed by atoms with Gasteiger partial charge in [-0.3, -0.25) is 4.79 Å². The second kappa shape index (κ2) is 5.15. The number of hydrogen-bond acceptors (Lipinski definition) is 4. The number of aliphatic hydroxyl groups excluding tert-OH is 1. The Hall–Kier alpha value is -0.710. The molecule has 0 amide bonds. The molecule has 0 aromatic carbocycles. The Morgan fingerprint density at radius 2 is 1.96 bits per heavy atom. The smallest absolute Gasteiger partial charge is 0.158 e. The Bertz CT molecular complexity index is 594. The molecule has 1 N–H and O–H groups in total. The maximum Gasteiger partial charge on any atom is 0.158 e. The normalized spacial score (nSPS) is 55.9. The fourth-order valence-electron chi connectivity index (χ4n) is 6.45. The molecule has 9 unspecified atom stereocenters. The van der Waals surface area contributed by atoms with E-state index in [9.17, 15) is 9.90 Å². The van der Waals surface area contributed by atoms with Crippen LogP contribution in [0.15, 0.2) is 11.6 Å². The number of carbonyl (C=O) groups is 1. The SMILES string of the molecule is CC(C)=CC1OC2(C)CC(O)OC13C(C)C1CCC(C)C1C(=O)C23. The van der Waals surface area contributed by atoms with Crippen molar-refractivity contribution < 1.29 is 19.4 Å². The third-order valence-electron chi connectivity index (χ3n) is 7.30. The summed E-state index contributed by atoms with van der Waals surface area (Å²) in [6.45, 7) is 10.5. The third-order valence-corrected chi connectivity index (χ3v) is 7.30. The fourth-order valence-corrected chi connectivity index (χ4v) is 6.45. The van der Waals surface area contributed by atoms with Crippen molar-refractivity contribution in [2.45, 2.75) is 77.5 Å². The maximum atomic E-state index is 13.5. The van der Waals surface area contributed by atoms with Gasteiger partial charge in [0.05, 0.1) is 11.5 Å². The zero-order chi connectivity index (χ0) is 17.4. The van der Waals surface area contributed by atoms with Gasteiger partial charge in [-0.2, -0.15) is 0 Å². The highest BCUT2D eigenvalue weighted by Gasteiger charge is 2.75. The van der Waals surface area contributed by atoms with E-state index in [4.69, 9.17) is 9.47 Å². The number of rotatable bonds is 1. The van der Waals surface area contributed by atoms with Gasteiger partial charge in [-0.05, 0) is 51.4 Å². The van der Waals surface area contributed by atoms with Gasteiger partial charge in [0.1, 0.15) is 17.5 Å². The Kier molecular flexibility index (Phi) is 3.59. The maximum absolute atomic E-state index is 13.5. The van der Waals surface area contributed by atoms with E-state index < -0.39 is 17.5 Å². The molecule has 2 bridgehead atoms. The lowest BCUT2D eigenvalue weighted by Crippen LogP contribution is -2.67. The largest absolute Gasteiger partial charge is 0.368 e. The van der Waals surface area contributed by atoms with Crippen molar-refractivity contribution in [3.63, 3.8) is 0 Å². The van der Waals surface area contributed by atoms with Gasteiger partial charge in [0.15, 0.2) is 6.29 Å². The van der Waals surface area contributed by atoms with Crippen molar-refractivity contribution >= 4 is 5.78 Å². The van der Waals surface area contributed by atoms with E-state index >= 15 is 0 Å². The molecule has 4 fully saturated rings. The first-order valence-corrected chi connectivity index (χ1v) is 9.43. The highest BCUT2D eigenvalue weighted by Crippen LogP contribution is 2.64. The first-order valence-electron chi connectivity index (χ1n) is 9.43. The average Bonchev–Trinajstić information content (AvgIpc) is 2.91. The van der Waals surface area contributed by atoms with Crippen LogP contribution in [-0.4, -0.2) is 34.5 Å². The van der Waals surface area contributed by atoms with Gasteiger partial charge in [-0.25, -0.2) is 0 Å². The molecule has 2 aliphatic carbocycles.